The maximum atomic E-state index is 12.5. The summed E-state index contributed by atoms with van der Waals surface area (Å²) in [6, 6.07) is 6.91. The molecule has 0 spiro atoms. The Morgan fingerprint density at radius 2 is 2.14 bits per heavy atom. The molecule has 1 N–H and O–H groups in total. The molecule has 1 aromatic heterocycles. The third-order valence-corrected chi connectivity index (χ3v) is 4.47. The quantitative estimate of drug-likeness (QED) is 0.628. The Kier molecular flexibility index (Phi) is 5.13. The molecule has 21 heavy (non-hydrogen) atoms. The van der Waals surface area contributed by atoms with Gasteiger partial charge in [0.05, 0.1) is 16.7 Å². The van der Waals surface area contributed by atoms with Crippen LogP contribution in [-0.4, -0.2) is 42.6 Å². The van der Waals surface area contributed by atoms with Crippen LogP contribution in [0.15, 0.2) is 34.2 Å². The first-order valence-corrected chi connectivity index (χ1v) is 8.84. The molecule has 0 aliphatic carbocycles. The number of rotatable bonds is 6. The Morgan fingerprint density at radius 3 is 2.81 bits per heavy atom. The van der Waals surface area contributed by atoms with Crippen LogP contribution in [0.4, 0.5) is 0 Å². The molecule has 0 saturated heterocycles. The maximum absolute atomic E-state index is 12.5. The molecule has 0 bridgehead atoms. The van der Waals surface area contributed by atoms with Crippen LogP contribution >= 0.6 is 11.8 Å². The highest BCUT2D eigenvalue weighted by Crippen LogP contribution is 2.17. The lowest BCUT2D eigenvalue weighted by molar-refractivity contribution is -0.133. The number of benzene rings is 1. The van der Waals surface area contributed by atoms with E-state index in [1.165, 1.54) is 4.57 Å². The molecule has 0 radical (unpaired) electrons. The lowest BCUT2D eigenvalue weighted by Crippen LogP contribution is -2.26. The van der Waals surface area contributed by atoms with E-state index < -0.39 is 16.8 Å². The summed E-state index contributed by atoms with van der Waals surface area (Å²) >= 11 is 0.989. The highest BCUT2D eigenvalue weighted by Gasteiger charge is 2.13. The lowest BCUT2D eigenvalue weighted by Gasteiger charge is -2.11. The van der Waals surface area contributed by atoms with Crippen LogP contribution in [0.2, 0.25) is 0 Å². The molecule has 8 heteroatoms. The van der Waals surface area contributed by atoms with E-state index in [9.17, 15) is 13.8 Å². The predicted molar refractivity (Wildman–Crippen MR) is 83.3 cm³/mol. The van der Waals surface area contributed by atoms with Gasteiger partial charge in [0, 0.05) is 29.4 Å². The Hall–Kier alpha value is -1.67. The Bertz CT molecular complexity index is 757. The molecule has 1 aromatic carbocycles. The number of fused-ring (bicyclic) bond motifs is 1. The van der Waals surface area contributed by atoms with E-state index in [1.54, 1.807) is 30.5 Å². The predicted octanol–water partition coefficient (Wildman–Crippen LogP) is 0.952. The molecule has 0 aliphatic rings. The summed E-state index contributed by atoms with van der Waals surface area (Å²) < 4.78 is 12.6. The molecular formula is C13H14N2O4S2. The van der Waals surface area contributed by atoms with Gasteiger partial charge in [-0.15, -0.1) is 0 Å². The number of carboxylic acids is 1. The van der Waals surface area contributed by atoms with Gasteiger partial charge in [-0.1, -0.05) is 23.9 Å². The number of para-hydroxylation sites is 1. The van der Waals surface area contributed by atoms with E-state index in [-0.39, 0.29) is 17.9 Å². The van der Waals surface area contributed by atoms with E-state index >= 15 is 0 Å². The smallest absolute Gasteiger partial charge is 0.313 e. The molecule has 0 aliphatic heterocycles. The van der Waals surface area contributed by atoms with Gasteiger partial charge in [-0.3, -0.25) is 18.4 Å². The van der Waals surface area contributed by atoms with Gasteiger partial charge in [0.1, 0.15) is 0 Å². The fourth-order valence-electron chi connectivity index (χ4n) is 1.80. The molecule has 1 unspecified atom stereocenters. The van der Waals surface area contributed by atoms with Crippen molar-refractivity contribution in [1.82, 2.24) is 9.55 Å². The van der Waals surface area contributed by atoms with Crippen molar-refractivity contribution in [2.75, 3.05) is 17.8 Å². The summed E-state index contributed by atoms with van der Waals surface area (Å²) in [7, 11) is -1.04. The second-order valence-electron chi connectivity index (χ2n) is 4.33. The van der Waals surface area contributed by atoms with E-state index in [4.69, 9.17) is 5.11 Å². The molecule has 2 aromatic rings. The van der Waals surface area contributed by atoms with Crippen molar-refractivity contribution in [1.29, 1.82) is 0 Å². The molecule has 2 rings (SSSR count). The number of nitrogens with zero attached hydrogens (tertiary/aromatic N) is 2. The van der Waals surface area contributed by atoms with Gasteiger partial charge in [0.15, 0.2) is 5.16 Å². The third kappa shape index (κ3) is 3.92. The first-order valence-electron chi connectivity index (χ1n) is 6.13. The monoisotopic (exact) mass is 326 g/mol. The highest BCUT2D eigenvalue weighted by molar-refractivity contribution is 7.99. The molecule has 0 amide bonds. The maximum Gasteiger partial charge on any atom is 0.313 e. The van der Waals surface area contributed by atoms with Crippen molar-refractivity contribution in [3.63, 3.8) is 0 Å². The summed E-state index contributed by atoms with van der Waals surface area (Å²) in [6.07, 6.45) is 1.56. The number of hydrogen-bond acceptors (Lipinski definition) is 5. The summed E-state index contributed by atoms with van der Waals surface area (Å²) in [5.41, 5.74) is 0.295. The van der Waals surface area contributed by atoms with Gasteiger partial charge < -0.3 is 5.11 Å². The van der Waals surface area contributed by atoms with Crippen molar-refractivity contribution in [3.8, 4) is 0 Å². The molecule has 1 atom stereocenters. The molecule has 0 saturated carbocycles. The molecule has 1 heterocycles. The van der Waals surface area contributed by atoms with Crippen LogP contribution in [-0.2, 0) is 22.1 Å². The minimum Gasteiger partial charge on any atom is -0.481 e. The third-order valence-electron chi connectivity index (χ3n) is 2.75. The summed E-state index contributed by atoms with van der Waals surface area (Å²) in [5.74, 6) is -0.839. The summed E-state index contributed by atoms with van der Waals surface area (Å²) in [5, 5.41) is 9.59. The average Bonchev–Trinajstić information content (AvgIpc) is 2.44. The normalized spacial score (nSPS) is 12.4. The summed E-state index contributed by atoms with van der Waals surface area (Å²) in [4.78, 5) is 27.5. The van der Waals surface area contributed by atoms with Crippen LogP contribution in [0.3, 0.4) is 0 Å². The van der Waals surface area contributed by atoms with Crippen LogP contribution in [0, 0.1) is 0 Å². The first-order chi connectivity index (χ1) is 9.99. The Morgan fingerprint density at radius 1 is 1.43 bits per heavy atom. The van der Waals surface area contributed by atoms with Crippen LogP contribution in [0.1, 0.15) is 0 Å². The molecule has 6 nitrogen and oxygen atoms in total. The molecule has 0 fully saturated rings. The Balaban J connectivity index is 2.50. The number of carbonyl (C=O) groups is 1. The number of aliphatic carboxylic acids is 1. The standard InChI is InChI=1S/C13H14N2O4S2/c1-21(19)7-6-15-12(18)9-4-2-3-5-10(9)14-13(15)20-8-11(16)17/h2-5H,6-8H2,1H3,(H,16,17). The van der Waals surface area contributed by atoms with Crippen molar-refractivity contribution < 1.29 is 14.1 Å². The largest absolute Gasteiger partial charge is 0.481 e. The minimum atomic E-state index is -1.04. The summed E-state index contributed by atoms with van der Waals surface area (Å²) in [6.45, 7) is 0.252. The number of carboxylic acid groups (broad SMARTS) is 1. The van der Waals surface area contributed by atoms with Gasteiger partial charge in [0.2, 0.25) is 0 Å². The number of aromatic nitrogens is 2. The van der Waals surface area contributed by atoms with E-state index in [0.29, 0.717) is 21.8 Å². The van der Waals surface area contributed by atoms with E-state index in [1.807, 2.05) is 0 Å². The first kappa shape index (κ1) is 15.7. The second kappa shape index (κ2) is 6.86. The zero-order valence-electron chi connectivity index (χ0n) is 11.3. The molecule has 112 valence electrons. The van der Waals surface area contributed by atoms with Gasteiger partial charge in [-0.2, -0.15) is 0 Å². The van der Waals surface area contributed by atoms with Crippen LogP contribution in [0.5, 0.6) is 0 Å². The SMILES string of the molecule is CS(=O)CCn1c(SCC(=O)O)nc2ccccc2c1=O. The van der Waals surface area contributed by atoms with Gasteiger partial charge in [-0.05, 0) is 12.1 Å². The van der Waals surface area contributed by atoms with E-state index in [0.717, 1.165) is 11.8 Å². The van der Waals surface area contributed by atoms with Crippen molar-refractivity contribution in [2.45, 2.75) is 11.7 Å². The average molecular weight is 326 g/mol. The number of thioether (sulfide) groups is 1. The van der Waals surface area contributed by atoms with Crippen molar-refractivity contribution >= 4 is 39.4 Å². The van der Waals surface area contributed by atoms with Gasteiger partial charge in [-0.25, -0.2) is 4.98 Å². The lowest BCUT2D eigenvalue weighted by atomic mass is 10.2. The highest BCUT2D eigenvalue weighted by atomic mass is 32.2. The Labute approximate surface area is 127 Å². The fraction of sp³-hybridized carbons (Fsp3) is 0.308. The second-order valence-corrected chi connectivity index (χ2v) is 6.83. The molecular weight excluding hydrogens is 312 g/mol. The number of hydrogen-bond donors (Lipinski definition) is 1. The topological polar surface area (TPSA) is 89.3 Å². The van der Waals surface area contributed by atoms with E-state index in [2.05, 4.69) is 4.98 Å². The minimum absolute atomic E-state index is 0.181. The van der Waals surface area contributed by atoms with Gasteiger partial charge >= 0.3 is 5.97 Å². The van der Waals surface area contributed by atoms with Crippen molar-refractivity contribution in [2.24, 2.45) is 0 Å². The van der Waals surface area contributed by atoms with Crippen LogP contribution in [0.25, 0.3) is 10.9 Å². The van der Waals surface area contributed by atoms with Gasteiger partial charge in [0.25, 0.3) is 5.56 Å². The van der Waals surface area contributed by atoms with Crippen LogP contribution < -0.4 is 5.56 Å². The van der Waals surface area contributed by atoms with Crippen molar-refractivity contribution in [3.05, 3.63) is 34.6 Å². The fourth-order valence-corrected chi connectivity index (χ4v) is 2.99. The zero-order valence-corrected chi connectivity index (χ0v) is 12.9. The zero-order chi connectivity index (χ0) is 15.4.